The van der Waals surface area contributed by atoms with Gasteiger partial charge in [0.05, 0.1) is 0 Å². The van der Waals surface area contributed by atoms with Gasteiger partial charge in [-0.3, -0.25) is 4.79 Å². The Hall–Kier alpha value is -0.760. The molecular weight excluding hydrogens is 188 g/mol. The zero-order chi connectivity index (χ0) is 9.84. The molecule has 1 atom stereocenters. The van der Waals surface area contributed by atoms with Crippen molar-refractivity contribution in [3.05, 3.63) is 23.1 Å². The van der Waals surface area contributed by atoms with Crippen LogP contribution >= 0.6 is 11.6 Å². The molecule has 13 heavy (non-hydrogen) atoms. The molecule has 0 saturated carbocycles. The minimum absolute atomic E-state index is 0.0206. The predicted octanol–water partition coefficient (Wildman–Crippen LogP) is 3.55. The van der Waals surface area contributed by atoms with Gasteiger partial charge >= 0.3 is 0 Å². The van der Waals surface area contributed by atoms with Gasteiger partial charge in [-0.25, -0.2) is 0 Å². The molecule has 0 aromatic carbocycles. The molecule has 3 heteroatoms. The molecule has 0 radical (unpaired) electrons. The predicted molar refractivity (Wildman–Crippen MR) is 52.1 cm³/mol. The Morgan fingerprint density at radius 1 is 1.62 bits per heavy atom. The van der Waals surface area contributed by atoms with Gasteiger partial charge in [-0.15, -0.1) is 0 Å². The van der Waals surface area contributed by atoms with Crippen molar-refractivity contribution >= 4 is 17.4 Å². The molecule has 1 heterocycles. The van der Waals surface area contributed by atoms with Crippen LogP contribution in [0, 0.1) is 5.92 Å². The van der Waals surface area contributed by atoms with Gasteiger partial charge in [0, 0.05) is 5.92 Å². The van der Waals surface area contributed by atoms with Crippen LogP contribution in [0.5, 0.6) is 0 Å². The van der Waals surface area contributed by atoms with E-state index in [1.165, 1.54) is 0 Å². The van der Waals surface area contributed by atoms with Crippen molar-refractivity contribution in [3.8, 4) is 0 Å². The van der Waals surface area contributed by atoms with E-state index in [1.54, 1.807) is 12.1 Å². The summed E-state index contributed by atoms with van der Waals surface area (Å²) in [6.07, 6.45) is 1.89. The van der Waals surface area contributed by atoms with Gasteiger partial charge in [-0.2, -0.15) is 0 Å². The second-order valence-electron chi connectivity index (χ2n) is 3.16. The highest BCUT2D eigenvalue weighted by Gasteiger charge is 2.17. The Morgan fingerprint density at radius 2 is 2.31 bits per heavy atom. The van der Waals surface area contributed by atoms with E-state index in [1.807, 2.05) is 6.92 Å². The Morgan fingerprint density at radius 3 is 2.77 bits per heavy atom. The highest BCUT2D eigenvalue weighted by molar-refractivity contribution is 6.29. The van der Waals surface area contributed by atoms with Crippen molar-refractivity contribution in [2.45, 2.75) is 26.7 Å². The van der Waals surface area contributed by atoms with E-state index in [0.717, 1.165) is 12.8 Å². The lowest BCUT2D eigenvalue weighted by atomic mass is 9.99. The Kier molecular flexibility index (Phi) is 3.55. The van der Waals surface area contributed by atoms with E-state index in [9.17, 15) is 4.79 Å². The second kappa shape index (κ2) is 4.47. The molecule has 0 amide bonds. The van der Waals surface area contributed by atoms with Crippen LogP contribution in [0.25, 0.3) is 0 Å². The molecule has 1 unspecified atom stereocenters. The van der Waals surface area contributed by atoms with Gasteiger partial charge in [-0.1, -0.05) is 20.3 Å². The zero-order valence-electron chi connectivity index (χ0n) is 7.84. The number of rotatable bonds is 4. The topological polar surface area (TPSA) is 30.2 Å². The lowest BCUT2D eigenvalue weighted by Gasteiger charge is -2.05. The first-order chi connectivity index (χ1) is 6.15. The van der Waals surface area contributed by atoms with Crippen molar-refractivity contribution in [1.29, 1.82) is 0 Å². The zero-order valence-corrected chi connectivity index (χ0v) is 8.60. The van der Waals surface area contributed by atoms with Gasteiger partial charge < -0.3 is 4.42 Å². The molecule has 1 aromatic rings. The number of halogens is 1. The fourth-order valence-corrected chi connectivity index (χ4v) is 1.40. The van der Waals surface area contributed by atoms with Crippen LogP contribution in [0.4, 0.5) is 0 Å². The van der Waals surface area contributed by atoms with E-state index < -0.39 is 0 Å². The summed E-state index contributed by atoms with van der Waals surface area (Å²) < 4.78 is 5.03. The average molecular weight is 201 g/mol. The normalized spacial score (nSPS) is 12.8. The number of carbonyl (C=O) groups excluding carboxylic acids is 1. The van der Waals surface area contributed by atoms with Gasteiger partial charge in [0.25, 0.3) is 0 Å². The third-order valence-corrected chi connectivity index (χ3v) is 2.19. The number of carbonyl (C=O) groups is 1. The summed E-state index contributed by atoms with van der Waals surface area (Å²) >= 11 is 5.57. The molecule has 0 aliphatic carbocycles. The summed E-state index contributed by atoms with van der Waals surface area (Å²) in [5.74, 6) is 0.423. The van der Waals surface area contributed by atoms with Crippen LogP contribution in [0.15, 0.2) is 16.5 Å². The summed E-state index contributed by atoms with van der Waals surface area (Å²) in [6, 6.07) is 3.21. The minimum Gasteiger partial charge on any atom is -0.442 e. The molecular formula is C10H13ClO2. The SMILES string of the molecule is CCCC(C)C(=O)c1ccc(Cl)o1. The maximum Gasteiger partial charge on any atom is 0.200 e. The maximum absolute atomic E-state index is 11.6. The Balaban J connectivity index is 2.67. The molecule has 1 rings (SSSR count). The maximum atomic E-state index is 11.6. The number of furan rings is 1. The quantitative estimate of drug-likeness (QED) is 0.696. The first-order valence-corrected chi connectivity index (χ1v) is 4.82. The monoisotopic (exact) mass is 200 g/mol. The summed E-state index contributed by atoms with van der Waals surface area (Å²) in [5, 5.41) is 0.270. The van der Waals surface area contributed by atoms with Crippen LogP contribution < -0.4 is 0 Å². The van der Waals surface area contributed by atoms with Crippen LogP contribution in [0.1, 0.15) is 37.2 Å². The van der Waals surface area contributed by atoms with Crippen molar-refractivity contribution < 1.29 is 9.21 Å². The summed E-state index contributed by atoms with van der Waals surface area (Å²) in [5.41, 5.74) is 0. The van der Waals surface area contributed by atoms with E-state index >= 15 is 0 Å². The number of hydrogen-bond acceptors (Lipinski definition) is 2. The Bertz CT molecular complexity index is 291. The van der Waals surface area contributed by atoms with Crippen LogP contribution in [-0.4, -0.2) is 5.78 Å². The first kappa shape index (κ1) is 10.3. The summed E-state index contributed by atoms with van der Waals surface area (Å²) in [4.78, 5) is 11.6. The second-order valence-corrected chi connectivity index (χ2v) is 3.53. The van der Waals surface area contributed by atoms with Gasteiger partial charge in [0.2, 0.25) is 5.78 Å². The molecule has 0 saturated heterocycles. The molecule has 0 fully saturated rings. The Labute approximate surface area is 82.9 Å². The minimum atomic E-state index is 0.0206. The number of ketones is 1. The third kappa shape index (κ3) is 2.59. The van der Waals surface area contributed by atoms with Crippen molar-refractivity contribution in [1.82, 2.24) is 0 Å². The van der Waals surface area contributed by atoms with E-state index in [4.69, 9.17) is 16.0 Å². The van der Waals surface area contributed by atoms with Crippen LogP contribution in [-0.2, 0) is 0 Å². The molecule has 0 bridgehead atoms. The first-order valence-electron chi connectivity index (χ1n) is 4.44. The average Bonchev–Trinajstić information content (AvgIpc) is 2.51. The lowest BCUT2D eigenvalue weighted by molar-refractivity contribution is 0.0895. The molecule has 0 aliphatic heterocycles. The van der Waals surface area contributed by atoms with Crippen LogP contribution in [0.2, 0.25) is 5.22 Å². The largest absolute Gasteiger partial charge is 0.442 e. The van der Waals surface area contributed by atoms with E-state index in [0.29, 0.717) is 5.76 Å². The third-order valence-electron chi connectivity index (χ3n) is 1.99. The van der Waals surface area contributed by atoms with E-state index in [-0.39, 0.29) is 16.9 Å². The van der Waals surface area contributed by atoms with Gasteiger partial charge in [0.1, 0.15) is 0 Å². The highest BCUT2D eigenvalue weighted by atomic mass is 35.5. The fraction of sp³-hybridized carbons (Fsp3) is 0.500. The van der Waals surface area contributed by atoms with Crippen molar-refractivity contribution in [2.24, 2.45) is 5.92 Å². The molecule has 0 N–H and O–H groups in total. The lowest BCUT2D eigenvalue weighted by Crippen LogP contribution is -2.09. The molecule has 2 nitrogen and oxygen atoms in total. The molecule has 72 valence electrons. The highest BCUT2D eigenvalue weighted by Crippen LogP contribution is 2.18. The van der Waals surface area contributed by atoms with Gasteiger partial charge in [-0.05, 0) is 30.2 Å². The summed E-state index contributed by atoms with van der Waals surface area (Å²) in [6.45, 7) is 3.96. The molecule has 1 aromatic heterocycles. The molecule has 0 spiro atoms. The van der Waals surface area contributed by atoms with Crippen molar-refractivity contribution in [3.63, 3.8) is 0 Å². The van der Waals surface area contributed by atoms with Gasteiger partial charge in [0.15, 0.2) is 11.0 Å². The fourth-order valence-electron chi connectivity index (χ4n) is 1.25. The van der Waals surface area contributed by atoms with Crippen LogP contribution in [0.3, 0.4) is 0 Å². The standard InChI is InChI=1S/C10H13ClO2/c1-3-4-7(2)10(12)8-5-6-9(11)13-8/h5-7H,3-4H2,1-2H3. The molecule has 0 aliphatic rings. The summed E-state index contributed by atoms with van der Waals surface area (Å²) in [7, 11) is 0. The smallest absolute Gasteiger partial charge is 0.200 e. The number of hydrogen-bond donors (Lipinski definition) is 0. The number of Topliss-reactive ketones (excluding diaryl/α,β-unsaturated/α-hetero) is 1. The van der Waals surface area contributed by atoms with Crippen molar-refractivity contribution in [2.75, 3.05) is 0 Å². The van der Waals surface area contributed by atoms with E-state index in [2.05, 4.69) is 6.92 Å².